The van der Waals surface area contributed by atoms with Gasteiger partial charge in [-0.2, -0.15) is 0 Å². The zero-order chi connectivity index (χ0) is 20.3. The van der Waals surface area contributed by atoms with Gasteiger partial charge in [0, 0.05) is 0 Å². The van der Waals surface area contributed by atoms with Crippen LogP contribution in [0.2, 0.25) is 0 Å². The summed E-state index contributed by atoms with van der Waals surface area (Å²) in [5.74, 6) is 0. The zero-order valence-corrected chi connectivity index (χ0v) is 17.7. The number of fused-ring (bicyclic) bond motifs is 2. The summed E-state index contributed by atoms with van der Waals surface area (Å²) in [7, 11) is 0. The average Bonchev–Trinajstić information content (AvgIpc) is 2.67. The maximum absolute atomic E-state index is 3.83. The van der Waals surface area contributed by atoms with Crippen LogP contribution in [0, 0.1) is 12.3 Å². The van der Waals surface area contributed by atoms with E-state index in [0.717, 1.165) is 0 Å². The van der Waals surface area contributed by atoms with Gasteiger partial charge in [-0.3, -0.25) is 0 Å². The van der Waals surface area contributed by atoms with Crippen LogP contribution in [0.5, 0.6) is 0 Å². The predicted octanol–water partition coefficient (Wildman–Crippen LogP) is 8.58. The van der Waals surface area contributed by atoms with E-state index in [1.54, 1.807) is 0 Å². The fraction of sp³-hybridized carbons (Fsp3) is 0.214. The summed E-state index contributed by atoms with van der Waals surface area (Å²) in [4.78, 5) is 0. The van der Waals surface area contributed by atoms with Crippen molar-refractivity contribution < 1.29 is 0 Å². The molecule has 4 rings (SSSR count). The molecule has 4 aromatic carbocycles. The molecule has 0 atom stereocenters. The molecule has 0 aliphatic heterocycles. The highest BCUT2D eigenvalue weighted by molar-refractivity contribution is 6.06. The van der Waals surface area contributed by atoms with Crippen molar-refractivity contribution in [2.75, 3.05) is 0 Å². The monoisotopic (exact) mass is 366 g/mol. The fourth-order valence-electron chi connectivity index (χ4n) is 3.18. The van der Waals surface area contributed by atoms with Crippen molar-refractivity contribution in [1.82, 2.24) is 0 Å². The highest BCUT2D eigenvalue weighted by atomic mass is 14.1. The summed E-state index contributed by atoms with van der Waals surface area (Å²) in [6.07, 6.45) is 0. The van der Waals surface area contributed by atoms with Gasteiger partial charge in [-0.15, -0.1) is 0 Å². The Morgan fingerprint density at radius 2 is 1.18 bits per heavy atom. The Morgan fingerprint density at radius 3 is 1.79 bits per heavy atom. The van der Waals surface area contributed by atoms with Crippen molar-refractivity contribution in [3.63, 3.8) is 0 Å². The van der Waals surface area contributed by atoms with Crippen LogP contribution < -0.4 is 0 Å². The second-order valence-electron chi connectivity index (χ2n) is 8.54. The first-order valence-corrected chi connectivity index (χ1v) is 9.91. The Morgan fingerprint density at radius 1 is 0.679 bits per heavy atom. The van der Waals surface area contributed by atoms with E-state index in [4.69, 9.17) is 0 Å². The molecule has 0 amide bonds. The number of aryl methyl sites for hydroxylation is 1. The second kappa shape index (κ2) is 8.02. The summed E-state index contributed by atoms with van der Waals surface area (Å²) in [6, 6.07) is 28.2. The Labute approximate surface area is 169 Å². The number of hydrogen-bond acceptors (Lipinski definition) is 0. The van der Waals surface area contributed by atoms with Gasteiger partial charge >= 0.3 is 0 Å². The lowest BCUT2D eigenvalue weighted by molar-refractivity contribution is 0.506. The van der Waals surface area contributed by atoms with E-state index in [9.17, 15) is 0 Å². The van der Waals surface area contributed by atoms with Crippen LogP contribution >= 0.6 is 0 Å². The Bertz CT molecular complexity index is 1120. The summed E-state index contributed by atoms with van der Waals surface area (Å²) in [5.41, 5.74) is 5.55. The molecule has 0 radical (unpaired) electrons. The third-order valence-electron chi connectivity index (χ3n) is 5.48. The summed E-state index contributed by atoms with van der Waals surface area (Å²) < 4.78 is 0. The van der Waals surface area contributed by atoms with Gasteiger partial charge in [0.1, 0.15) is 0 Å². The standard InChI is InChI=1S/C21H16.C7H14/c1-15-13-14-17-8-3-5-11-19(17)21(15)20-12-6-9-16-7-2-4-10-18(16)20;1-6(2)7(3,4)5/h2-14H,1H3;1H2,2-5H3. The lowest BCUT2D eigenvalue weighted by atomic mass is 9.89. The van der Waals surface area contributed by atoms with Crippen molar-refractivity contribution in [1.29, 1.82) is 0 Å². The minimum atomic E-state index is 0.306. The Kier molecular flexibility index (Phi) is 5.70. The van der Waals surface area contributed by atoms with E-state index in [1.165, 1.54) is 43.8 Å². The largest absolute Gasteiger partial charge is 0.0996 e. The van der Waals surface area contributed by atoms with Crippen LogP contribution in [0.3, 0.4) is 0 Å². The van der Waals surface area contributed by atoms with Crippen molar-refractivity contribution in [3.8, 4) is 11.1 Å². The molecule has 0 aliphatic rings. The van der Waals surface area contributed by atoms with Crippen LogP contribution in [0.15, 0.2) is 91.0 Å². The first kappa shape index (κ1) is 19.9. The fourth-order valence-corrected chi connectivity index (χ4v) is 3.18. The first-order valence-electron chi connectivity index (χ1n) is 9.91. The number of rotatable bonds is 1. The van der Waals surface area contributed by atoms with Crippen LogP contribution in [0.25, 0.3) is 32.7 Å². The SMILES string of the molecule is C=C(C)C(C)(C)C.Cc1ccc2ccccc2c1-c1cccc2ccccc12. The second-order valence-corrected chi connectivity index (χ2v) is 8.54. The summed E-state index contributed by atoms with van der Waals surface area (Å²) in [5, 5.41) is 5.24. The lowest BCUT2D eigenvalue weighted by Gasteiger charge is -2.16. The third kappa shape index (κ3) is 4.17. The summed E-state index contributed by atoms with van der Waals surface area (Å²) >= 11 is 0. The highest BCUT2D eigenvalue weighted by Gasteiger charge is 2.10. The number of allylic oxidation sites excluding steroid dienone is 1. The normalized spacial score (nSPS) is 11.2. The van der Waals surface area contributed by atoms with Crippen molar-refractivity contribution in [3.05, 3.63) is 96.6 Å². The molecule has 142 valence electrons. The minimum Gasteiger partial charge on any atom is -0.0996 e. The molecule has 0 heterocycles. The molecule has 0 bridgehead atoms. The molecule has 0 unspecified atom stereocenters. The molecular weight excluding hydrogens is 336 g/mol. The van der Waals surface area contributed by atoms with Crippen molar-refractivity contribution in [2.45, 2.75) is 34.6 Å². The lowest BCUT2D eigenvalue weighted by Crippen LogP contribution is -2.04. The maximum Gasteiger partial charge on any atom is -0.00699 e. The molecule has 0 N–H and O–H groups in total. The van der Waals surface area contributed by atoms with Gasteiger partial charge in [-0.05, 0) is 57.5 Å². The van der Waals surface area contributed by atoms with E-state index in [0.29, 0.717) is 5.41 Å². The predicted molar refractivity (Wildman–Crippen MR) is 126 cm³/mol. The van der Waals surface area contributed by atoms with Gasteiger partial charge in [0.15, 0.2) is 0 Å². The van der Waals surface area contributed by atoms with Crippen molar-refractivity contribution >= 4 is 21.5 Å². The molecule has 0 spiro atoms. The average molecular weight is 367 g/mol. The van der Waals surface area contributed by atoms with Gasteiger partial charge < -0.3 is 0 Å². The summed E-state index contributed by atoms with van der Waals surface area (Å²) in [6.45, 7) is 14.6. The number of benzene rings is 4. The van der Waals surface area contributed by atoms with Gasteiger partial charge in [0.2, 0.25) is 0 Å². The minimum absolute atomic E-state index is 0.306. The quantitative estimate of drug-likeness (QED) is 0.296. The van der Waals surface area contributed by atoms with Crippen LogP contribution in [-0.2, 0) is 0 Å². The van der Waals surface area contributed by atoms with Crippen LogP contribution in [0.1, 0.15) is 33.3 Å². The van der Waals surface area contributed by atoms with Gasteiger partial charge in [0.25, 0.3) is 0 Å². The van der Waals surface area contributed by atoms with E-state index < -0.39 is 0 Å². The molecular formula is C28H30. The molecule has 4 aromatic rings. The Balaban J connectivity index is 0.000000279. The smallest absolute Gasteiger partial charge is 0.00699 e. The van der Waals surface area contributed by atoms with Crippen LogP contribution in [-0.4, -0.2) is 0 Å². The molecule has 28 heavy (non-hydrogen) atoms. The van der Waals surface area contributed by atoms with E-state index in [-0.39, 0.29) is 0 Å². The molecule has 0 saturated carbocycles. The van der Waals surface area contributed by atoms with E-state index >= 15 is 0 Å². The van der Waals surface area contributed by atoms with Crippen molar-refractivity contribution in [2.24, 2.45) is 5.41 Å². The molecule has 0 saturated heterocycles. The first-order chi connectivity index (χ1) is 13.3. The van der Waals surface area contributed by atoms with Gasteiger partial charge in [-0.1, -0.05) is 112 Å². The third-order valence-corrected chi connectivity index (χ3v) is 5.48. The molecule has 0 fully saturated rings. The van der Waals surface area contributed by atoms with E-state index in [1.807, 2.05) is 0 Å². The van der Waals surface area contributed by atoms with Gasteiger partial charge in [0.05, 0.1) is 0 Å². The molecule has 0 aliphatic carbocycles. The highest BCUT2D eigenvalue weighted by Crippen LogP contribution is 2.36. The topological polar surface area (TPSA) is 0 Å². The maximum atomic E-state index is 3.83. The zero-order valence-electron chi connectivity index (χ0n) is 17.7. The van der Waals surface area contributed by atoms with Gasteiger partial charge in [-0.25, -0.2) is 0 Å². The van der Waals surface area contributed by atoms with Crippen LogP contribution in [0.4, 0.5) is 0 Å². The molecule has 0 heteroatoms. The molecule has 0 nitrogen and oxygen atoms in total. The van der Waals surface area contributed by atoms with E-state index in [2.05, 4.69) is 120 Å². The molecule has 0 aromatic heterocycles. The number of hydrogen-bond donors (Lipinski definition) is 0. The Hall–Kier alpha value is -2.86.